The lowest BCUT2D eigenvalue weighted by molar-refractivity contribution is -0.132. The average molecular weight is 376 g/mol. The van der Waals surface area contributed by atoms with Gasteiger partial charge in [-0.05, 0) is 29.8 Å². The zero-order valence-corrected chi connectivity index (χ0v) is 15.2. The topological polar surface area (TPSA) is 65.8 Å². The molecule has 1 saturated heterocycles. The Kier molecular flexibility index (Phi) is 6.30. The molecule has 1 N–H and O–H groups in total. The molecule has 1 aliphatic rings. The second-order valence-corrected chi connectivity index (χ2v) is 6.71. The van der Waals surface area contributed by atoms with Crippen molar-refractivity contribution in [2.45, 2.75) is 13.0 Å². The van der Waals surface area contributed by atoms with Crippen LogP contribution >= 0.6 is 11.6 Å². The number of carbonyl (C=O) groups is 2. The Morgan fingerprint density at radius 1 is 1.12 bits per heavy atom. The Labute approximate surface area is 157 Å². The van der Waals surface area contributed by atoms with Crippen LogP contribution in [0.15, 0.2) is 47.1 Å². The van der Waals surface area contributed by atoms with Crippen molar-refractivity contribution in [3.63, 3.8) is 0 Å². The van der Waals surface area contributed by atoms with Gasteiger partial charge in [0.2, 0.25) is 5.91 Å². The third-order valence-corrected chi connectivity index (χ3v) is 4.62. The minimum absolute atomic E-state index is 0.0622. The monoisotopic (exact) mass is 375 g/mol. The second-order valence-electron chi connectivity index (χ2n) is 6.27. The van der Waals surface area contributed by atoms with Crippen LogP contribution in [0, 0.1) is 0 Å². The number of benzene rings is 1. The highest BCUT2D eigenvalue weighted by molar-refractivity contribution is 6.30. The summed E-state index contributed by atoms with van der Waals surface area (Å²) in [6, 6.07) is 11.1. The van der Waals surface area contributed by atoms with Crippen molar-refractivity contribution in [2.24, 2.45) is 0 Å². The fourth-order valence-corrected chi connectivity index (χ4v) is 3.20. The van der Waals surface area contributed by atoms with E-state index in [1.54, 1.807) is 12.1 Å². The Morgan fingerprint density at radius 3 is 2.62 bits per heavy atom. The maximum atomic E-state index is 12.3. The van der Waals surface area contributed by atoms with E-state index in [0.29, 0.717) is 26.1 Å². The molecule has 0 aliphatic carbocycles. The maximum absolute atomic E-state index is 12.3. The first kappa shape index (κ1) is 18.5. The number of hydrogen-bond acceptors (Lipinski definition) is 4. The zero-order chi connectivity index (χ0) is 18.4. The minimum Gasteiger partial charge on any atom is -0.459 e. The van der Waals surface area contributed by atoms with Crippen molar-refractivity contribution in [1.29, 1.82) is 0 Å². The lowest BCUT2D eigenvalue weighted by Crippen LogP contribution is -2.48. The Morgan fingerprint density at radius 2 is 1.92 bits per heavy atom. The molecule has 7 heteroatoms. The van der Waals surface area contributed by atoms with Crippen molar-refractivity contribution >= 4 is 23.4 Å². The number of nitrogens with zero attached hydrogens (tertiary/aromatic N) is 2. The molecule has 1 aliphatic heterocycles. The third-order valence-electron chi connectivity index (χ3n) is 4.39. The number of amides is 2. The highest BCUT2D eigenvalue weighted by Crippen LogP contribution is 2.14. The molecule has 0 saturated carbocycles. The molecule has 1 aromatic carbocycles. The Balaban J connectivity index is 1.37. The van der Waals surface area contributed by atoms with Crippen molar-refractivity contribution in [1.82, 2.24) is 15.1 Å². The van der Waals surface area contributed by atoms with Crippen LogP contribution in [0.3, 0.4) is 0 Å². The first-order valence-corrected chi connectivity index (χ1v) is 9.06. The standard InChI is InChI=1S/C19H22ClN3O3/c20-16-4-1-3-15(13-16)14-22-8-10-23(11-9-22)18(24)6-7-21-19(25)17-5-2-12-26-17/h1-5,12-13H,6-11,14H2,(H,21,25). The average Bonchev–Trinajstić information content (AvgIpc) is 3.17. The molecule has 0 atom stereocenters. The van der Waals surface area contributed by atoms with E-state index in [2.05, 4.69) is 16.3 Å². The van der Waals surface area contributed by atoms with E-state index >= 15 is 0 Å². The van der Waals surface area contributed by atoms with Gasteiger partial charge in [0.1, 0.15) is 0 Å². The van der Waals surface area contributed by atoms with E-state index < -0.39 is 0 Å². The molecule has 26 heavy (non-hydrogen) atoms. The first-order chi connectivity index (χ1) is 12.6. The molecular weight excluding hydrogens is 354 g/mol. The van der Waals surface area contributed by atoms with Crippen LogP contribution < -0.4 is 5.32 Å². The van der Waals surface area contributed by atoms with Crippen LogP contribution in [0.2, 0.25) is 5.02 Å². The van der Waals surface area contributed by atoms with Crippen LogP contribution in [0.25, 0.3) is 0 Å². The van der Waals surface area contributed by atoms with Gasteiger partial charge >= 0.3 is 0 Å². The van der Waals surface area contributed by atoms with Crippen molar-refractivity contribution < 1.29 is 14.0 Å². The van der Waals surface area contributed by atoms with Crippen LogP contribution in [0.1, 0.15) is 22.5 Å². The summed E-state index contributed by atoms with van der Waals surface area (Å²) >= 11 is 6.02. The molecule has 6 nitrogen and oxygen atoms in total. The van der Waals surface area contributed by atoms with Gasteiger partial charge in [0.25, 0.3) is 5.91 Å². The van der Waals surface area contributed by atoms with Gasteiger partial charge in [0, 0.05) is 50.7 Å². The van der Waals surface area contributed by atoms with Gasteiger partial charge in [-0.2, -0.15) is 0 Å². The van der Waals surface area contributed by atoms with E-state index in [0.717, 1.165) is 24.7 Å². The summed E-state index contributed by atoms with van der Waals surface area (Å²) in [6.45, 7) is 4.20. The molecule has 2 heterocycles. The molecule has 2 amide bonds. The number of nitrogens with one attached hydrogen (secondary N) is 1. The molecule has 2 aromatic rings. The van der Waals surface area contributed by atoms with Gasteiger partial charge in [0.15, 0.2) is 5.76 Å². The van der Waals surface area contributed by atoms with E-state index in [4.69, 9.17) is 16.0 Å². The van der Waals surface area contributed by atoms with Crippen molar-refractivity contribution in [2.75, 3.05) is 32.7 Å². The highest BCUT2D eigenvalue weighted by Gasteiger charge is 2.21. The lowest BCUT2D eigenvalue weighted by atomic mass is 10.2. The molecule has 1 fully saturated rings. The van der Waals surface area contributed by atoms with E-state index in [9.17, 15) is 9.59 Å². The van der Waals surface area contributed by atoms with Crippen LogP contribution in [-0.2, 0) is 11.3 Å². The number of carbonyl (C=O) groups excluding carboxylic acids is 2. The molecule has 0 radical (unpaired) electrons. The normalized spacial score (nSPS) is 15.0. The fraction of sp³-hybridized carbons (Fsp3) is 0.368. The van der Waals surface area contributed by atoms with Crippen LogP contribution in [0.4, 0.5) is 0 Å². The predicted molar refractivity (Wildman–Crippen MR) is 99.0 cm³/mol. The summed E-state index contributed by atoms with van der Waals surface area (Å²) < 4.78 is 5.02. The summed E-state index contributed by atoms with van der Waals surface area (Å²) in [5.74, 6) is 0.0216. The summed E-state index contributed by atoms with van der Waals surface area (Å²) in [7, 11) is 0. The fourth-order valence-electron chi connectivity index (χ4n) is 2.98. The van der Waals surface area contributed by atoms with Gasteiger partial charge < -0.3 is 14.6 Å². The van der Waals surface area contributed by atoms with Crippen molar-refractivity contribution in [3.8, 4) is 0 Å². The maximum Gasteiger partial charge on any atom is 0.286 e. The van der Waals surface area contributed by atoms with E-state index in [1.807, 2.05) is 23.1 Å². The number of hydrogen-bond donors (Lipinski definition) is 1. The van der Waals surface area contributed by atoms with Gasteiger partial charge in [-0.25, -0.2) is 0 Å². The third kappa shape index (κ3) is 5.09. The largest absolute Gasteiger partial charge is 0.459 e. The SMILES string of the molecule is O=C(NCCC(=O)N1CCN(Cc2cccc(Cl)c2)CC1)c1ccco1. The van der Waals surface area contributed by atoms with E-state index in [1.165, 1.54) is 11.8 Å². The van der Waals surface area contributed by atoms with Gasteiger partial charge in [0.05, 0.1) is 6.26 Å². The molecular formula is C19H22ClN3O3. The highest BCUT2D eigenvalue weighted by atomic mass is 35.5. The molecule has 0 bridgehead atoms. The zero-order valence-electron chi connectivity index (χ0n) is 14.5. The Hall–Kier alpha value is -2.31. The van der Waals surface area contributed by atoms with Gasteiger partial charge in [-0.15, -0.1) is 0 Å². The lowest BCUT2D eigenvalue weighted by Gasteiger charge is -2.34. The number of piperazine rings is 1. The molecule has 0 spiro atoms. The van der Waals surface area contributed by atoms with Crippen molar-refractivity contribution in [3.05, 3.63) is 59.0 Å². The first-order valence-electron chi connectivity index (χ1n) is 8.68. The molecule has 3 rings (SSSR count). The molecule has 1 aromatic heterocycles. The predicted octanol–water partition coefficient (Wildman–Crippen LogP) is 2.40. The smallest absolute Gasteiger partial charge is 0.286 e. The van der Waals surface area contributed by atoms with Crippen LogP contribution in [0.5, 0.6) is 0 Å². The number of rotatable bonds is 6. The van der Waals surface area contributed by atoms with Gasteiger partial charge in [-0.1, -0.05) is 23.7 Å². The molecule has 0 unspecified atom stereocenters. The quantitative estimate of drug-likeness (QED) is 0.842. The summed E-state index contributed by atoms with van der Waals surface area (Å²) in [4.78, 5) is 28.2. The summed E-state index contributed by atoms with van der Waals surface area (Å²) in [5, 5.41) is 3.44. The minimum atomic E-state index is -0.297. The number of furan rings is 1. The molecule has 138 valence electrons. The van der Waals surface area contributed by atoms with Crippen LogP contribution in [-0.4, -0.2) is 54.3 Å². The number of halogens is 1. The van der Waals surface area contributed by atoms with E-state index in [-0.39, 0.29) is 17.6 Å². The summed E-state index contributed by atoms with van der Waals surface area (Å²) in [6.07, 6.45) is 1.74. The summed E-state index contributed by atoms with van der Waals surface area (Å²) in [5.41, 5.74) is 1.18. The second kappa shape index (κ2) is 8.87. The van der Waals surface area contributed by atoms with Gasteiger partial charge in [-0.3, -0.25) is 14.5 Å². The Bertz CT molecular complexity index is 740.